The predicted octanol–water partition coefficient (Wildman–Crippen LogP) is 0.507. The summed E-state index contributed by atoms with van der Waals surface area (Å²) in [6, 6.07) is -1.15. The molecule has 1 aromatic heterocycles. The molecule has 0 saturated carbocycles. The molecule has 1 atom stereocenters. The topological polar surface area (TPSA) is 112 Å². The largest absolute Gasteiger partial charge is 0.476 e. The van der Waals surface area contributed by atoms with Crippen molar-refractivity contribution in [2.75, 3.05) is 13.6 Å². The van der Waals surface area contributed by atoms with Gasteiger partial charge >= 0.3 is 12.0 Å². The van der Waals surface area contributed by atoms with Gasteiger partial charge in [-0.1, -0.05) is 0 Å². The first-order valence-electron chi connectivity index (χ1n) is 6.32. The summed E-state index contributed by atoms with van der Waals surface area (Å²) in [6.07, 6.45) is 0. The quantitative estimate of drug-likeness (QED) is 0.708. The average Bonchev–Trinajstić information content (AvgIpc) is 2.92. The van der Waals surface area contributed by atoms with Crippen LogP contribution >= 0.6 is 11.3 Å². The first-order valence-corrected chi connectivity index (χ1v) is 7.20. The zero-order chi connectivity index (χ0) is 16.0. The number of nitrogens with one attached hydrogen (secondary N) is 2. The van der Waals surface area contributed by atoms with E-state index >= 15 is 0 Å². The number of carbonyl (C=O) groups is 3. The van der Waals surface area contributed by atoms with Gasteiger partial charge in [-0.3, -0.25) is 4.79 Å². The van der Waals surface area contributed by atoms with Crippen LogP contribution < -0.4 is 10.6 Å². The van der Waals surface area contributed by atoms with Gasteiger partial charge in [0.15, 0.2) is 5.69 Å². The minimum atomic E-state index is -1.11. The minimum Gasteiger partial charge on any atom is -0.476 e. The SMILES string of the molecule is CCN(C)C(=O)C(C)NC(=O)NCc1nc(C(=O)O)cs1. The first-order chi connectivity index (χ1) is 9.85. The number of carboxylic acids is 1. The third kappa shape index (κ3) is 5.03. The fourth-order valence-corrected chi connectivity index (χ4v) is 2.15. The Morgan fingerprint density at radius 2 is 2.14 bits per heavy atom. The van der Waals surface area contributed by atoms with E-state index in [-0.39, 0.29) is 18.1 Å². The standard InChI is InChI=1S/C12H18N4O4S/c1-4-16(3)10(17)7(2)14-12(20)13-5-9-15-8(6-21-9)11(18)19/h6-7H,4-5H2,1-3H3,(H,18,19)(H2,13,14,20). The lowest BCUT2D eigenvalue weighted by Crippen LogP contribution is -2.48. The molecule has 0 radical (unpaired) electrons. The number of thiazole rings is 1. The predicted molar refractivity (Wildman–Crippen MR) is 77.2 cm³/mol. The van der Waals surface area contributed by atoms with Crippen LogP contribution in [0.1, 0.15) is 29.3 Å². The molecule has 1 rings (SSSR count). The van der Waals surface area contributed by atoms with Gasteiger partial charge in [-0.2, -0.15) is 0 Å². The molecule has 3 N–H and O–H groups in total. The molecule has 8 nitrogen and oxygen atoms in total. The van der Waals surface area contributed by atoms with Gasteiger partial charge in [-0.25, -0.2) is 14.6 Å². The molecule has 1 unspecified atom stereocenters. The van der Waals surface area contributed by atoms with Crippen LogP contribution in [-0.2, 0) is 11.3 Å². The van der Waals surface area contributed by atoms with Gasteiger partial charge in [0.1, 0.15) is 11.0 Å². The smallest absolute Gasteiger partial charge is 0.355 e. The fourth-order valence-electron chi connectivity index (χ4n) is 1.44. The van der Waals surface area contributed by atoms with Crippen molar-refractivity contribution in [3.8, 4) is 0 Å². The Morgan fingerprint density at radius 3 is 2.67 bits per heavy atom. The number of carboxylic acid groups (broad SMARTS) is 1. The number of rotatable bonds is 6. The molecule has 116 valence electrons. The van der Waals surface area contributed by atoms with Crippen molar-refractivity contribution in [1.82, 2.24) is 20.5 Å². The molecule has 0 bridgehead atoms. The van der Waals surface area contributed by atoms with Crippen molar-refractivity contribution in [3.63, 3.8) is 0 Å². The molecule has 0 aliphatic rings. The molecule has 0 saturated heterocycles. The maximum atomic E-state index is 11.8. The number of amides is 3. The summed E-state index contributed by atoms with van der Waals surface area (Å²) >= 11 is 1.14. The van der Waals surface area contributed by atoms with Crippen LogP contribution in [0, 0.1) is 0 Å². The van der Waals surface area contributed by atoms with Gasteiger partial charge in [0, 0.05) is 19.0 Å². The number of aromatic carboxylic acids is 1. The number of urea groups is 1. The zero-order valence-corrected chi connectivity index (χ0v) is 12.9. The van der Waals surface area contributed by atoms with E-state index in [1.165, 1.54) is 10.3 Å². The molecular weight excluding hydrogens is 296 g/mol. The third-order valence-corrected chi connectivity index (χ3v) is 3.59. The summed E-state index contributed by atoms with van der Waals surface area (Å²) < 4.78 is 0. The molecular formula is C12H18N4O4S. The molecule has 0 fully saturated rings. The van der Waals surface area contributed by atoms with E-state index in [1.807, 2.05) is 6.92 Å². The Labute approximate surface area is 126 Å². The number of aromatic nitrogens is 1. The number of hydrogen-bond donors (Lipinski definition) is 3. The van der Waals surface area contributed by atoms with E-state index < -0.39 is 18.0 Å². The number of carbonyl (C=O) groups excluding carboxylic acids is 2. The van der Waals surface area contributed by atoms with Crippen LogP contribution in [0.25, 0.3) is 0 Å². The van der Waals surface area contributed by atoms with Crippen molar-refractivity contribution >= 4 is 29.2 Å². The number of likely N-dealkylation sites (N-methyl/N-ethyl adjacent to an activating group) is 1. The molecule has 1 heterocycles. The van der Waals surface area contributed by atoms with Gasteiger partial charge in [0.05, 0.1) is 6.54 Å². The van der Waals surface area contributed by atoms with Crippen molar-refractivity contribution in [1.29, 1.82) is 0 Å². The summed E-state index contributed by atoms with van der Waals surface area (Å²) in [5, 5.41) is 15.7. The maximum absolute atomic E-state index is 11.8. The second kappa shape index (κ2) is 7.58. The second-order valence-corrected chi connectivity index (χ2v) is 5.28. The van der Waals surface area contributed by atoms with E-state index in [1.54, 1.807) is 14.0 Å². The highest BCUT2D eigenvalue weighted by Crippen LogP contribution is 2.09. The lowest BCUT2D eigenvalue weighted by atomic mass is 10.3. The van der Waals surface area contributed by atoms with Crippen molar-refractivity contribution < 1.29 is 19.5 Å². The monoisotopic (exact) mass is 314 g/mol. The van der Waals surface area contributed by atoms with Crippen molar-refractivity contribution in [2.24, 2.45) is 0 Å². The number of nitrogens with zero attached hydrogens (tertiary/aromatic N) is 2. The van der Waals surface area contributed by atoms with E-state index in [0.29, 0.717) is 11.6 Å². The number of hydrogen-bond acceptors (Lipinski definition) is 5. The van der Waals surface area contributed by atoms with E-state index in [0.717, 1.165) is 11.3 Å². The normalized spacial score (nSPS) is 11.6. The molecule has 3 amide bonds. The molecule has 0 aliphatic carbocycles. The maximum Gasteiger partial charge on any atom is 0.355 e. The Morgan fingerprint density at radius 1 is 1.48 bits per heavy atom. The third-order valence-electron chi connectivity index (χ3n) is 2.74. The van der Waals surface area contributed by atoms with Crippen LogP contribution in [0.15, 0.2) is 5.38 Å². The molecule has 1 aromatic rings. The Bertz CT molecular complexity index is 531. The summed E-state index contributed by atoms with van der Waals surface area (Å²) in [7, 11) is 1.65. The lowest BCUT2D eigenvalue weighted by Gasteiger charge is -2.20. The molecule has 21 heavy (non-hydrogen) atoms. The van der Waals surface area contributed by atoms with Crippen molar-refractivity contribution in [3.05, 3.63) is 16.1 Å². The molecule has 0 aromatic carbocycles. The average molecular weight is 314 g/mol. The highest BCUT2D eigenvalue weighted by Gasteiger charge is 2.18. The van der Waals surface area contributed by atoms with Gasteiger partial charge in [0.2, 0.25) is 5.91 Å². The Kier molecular flexibility index (Phi) is 6.10. The zero-order valence-electron chi connectivity index (χ0n) is 12.0. The van der Waals surface area contributed by atoms with Gasteiger partial charge in [0.25, 0.3) is 0 Å². The van der Waals surface area contributed by atoms with Crippen LogP contribution in [0.2, 0.25) is 0 Å². The highest BCUT2D eigenvalue weighted by molar-refractivity contribution is 7.09. The van der Waals surface area contributed by atoms with E-state index in [4.69, 9.17) is 5.11 Å². The van der Waals surface area contributed by atoms with Gasteiger partial charge < -0.3 is 20.6 Å². The highest BCUT2D eigenvalue weighted by atomic mass is 32.1. The second-order valence-electron chi connectivity index (χ2n) is 4.33. The van der Waals surface area contributed by atoms with Gasteiger partial charge in [-0.05, 0) is 13.8 Å². The van der Waals surface area contributed by atoms with Crippen LogP contribution in [0.4, 0.5) is 4.79 Å². The Balaban J connectivity index is 2.43. The van der Waals surface area contributed by atoms with Crippen LogP contribution in [0.5, 0.6) is 0 Å². The van der Waals surface area contributed by atoms with E-state index in [9.17, 15) is 14.4 Å². The summed E-state index contributed by atoms with van der Waals surface area (Å²) in [6.45, 7) is 4.10. The minimum absolute atomic E-state index is 0.0506. The molecule has 0 aliphatic heterocycles. The van der Waals surface area contributed by atoms with E-state index in [2.05, 4.69) is 15.6 Å². The summed E-state index contributed by atoms with van der Waals surface area (Å²) in [4.78, 5) is 39.4. The molecule has 9 heteroatoms. The Hall–Kier alpha value is -2.16. The lowest BCUT2D eigenvalue weighted by molar-refractivity contribution is -0.131. The summed E-state index contributed by atoms with van der Waals surface area (Å²) in [5.74, 6) is -1.29. The van der Waals surface area contributed by atoms with Gasteiger partial charge in [-0.15, -0.1) is 11.3 Å². The van der Waals surface area contributed by atoms with Crippen molar-refractivity contribution in [2.45, 2.75) is 26.4 Å². The summed E-state index contributed by atoms with van der Waals surface area (Å²) in [5.41, 5.74) is -0.0506. The van der Waals surface area contributed by atoms with Crippen LogP contribution in [-0.4, -0.2) is 52.5 Å². The fraction of sp³-hybridized carbons (Fsp3) is 0.500. The first kappa shape index (κ1) is 16.9. The molecule has 0 spiro atoms. The van der Waals surface area contributed by atoms with Crippen LogP contribution in [0.3, 0.4) is 0 Å².